The van der Waals surface area contributed by atoms with E-state index in [0.717, 1.165) is 5.56 Å². The van der Waals surface area contributed by atoms with Crippen LogP contribution in [0.5, 0.6) is 0 Å². The van der Waals surface area contributed by atoms with E-state index in [9.17, 15) is 14.4 Å². The number of carboxylic acid groups (broad SMARTS) is 2. The number of hydrogen-bond donors (Lipinski definition) is 3. The first-order valence-corrected chi connectivity index (χ1v) is 5.62. The van der Waals surface area contributed by atoms with Gasteiger partial charge in [0, 0.05) is 18.8 Å². The molecule has 1 aromatic heterocycles. The van der Waals surface area contributed by atoms with Crippen molar-refractivity contribution in [3.05, 3.63) is 30.1 Å². The molecule has 3 N–H and O–H groups in total. The number of amides is 1. The summed E-state index contributed by atoms with van der Waals surface area (Å²) in [7, 11) is 0. The summed E-state index contributed by atoms with van der Waals surface area (Å²) in [5.41, 5.74) is 0.850. The van der Waals surface area contributed by atoms with Gasteiger partial charge in [0.15, 0.2) is 0 Å². The van der Waals surface area contributed by atoms with Crippen molar-refractivity contribution in [2.45, 2.75) is 25.3 Å². The highest BCUT2D eigenvalue weighted by molar-refractivity contribution is 5.86. The molecule has 1 aromatic rings. The Morgan fingerprint density at radius 3 is 2.58 bits per heavy atom. The molecule has 0 fully saturated rings. The number of carbonyl (C=O) groups is 3. The Morgan fingerprint density at radius 2 is 2.05 bits per heavy atom. The molecule has 0 radical (unpaired) electrons. The minimum atomic E-state index is -1.40. The Kier molecular flexibility index (Phi) is 5.46. The van der Waals surface area contributed by atoms with Crippen LogP contribution < -0.4 is 5.32 Å². The van der Waals surface area contributed by atoms with Crippen LogP contribution in [-0.4, -0.2) is 39.1 Å². The van der Waals surface area contributed by atoms with Crippen LogP contribution in [0.1, 0.15) is 18.4 Å². The zero-order valence-corrected chi connectivity index (χ0v) is 10.1. The molecule has 0 aliphatic heterocycles. The second-order valence-electron chi connectivity index (χ2n) is 3.92. The van der Waals surface area contributed by atoms with Gasteiger partial charge < -0.3 is 15.5 Å². The highest BCUT2D eigenvalue weighted by Gasteiger charge is 2.22. The molecule has 1 heterocycles. The van der Waals surface area contributed by atoms with Gasteiger partial charge in [-0.05, 0) is 18.1 Å². The minimum Gasteiger partial charge on any atom is -0.481 e. The summed E-state index contributed by atoms with van der Waals surface area (Å²) in [4.78, 5) is 36.6. The number of carboxylic acids is 2. The van der Waals surface area contributed by atoms with Crippen LogP contribution in [0.2, 0.25) is 0 Å². The number of aryl methyl sites for hydroxylation is 1. The number of hydrogen-bond acceptors (Lipinski definition) is 4. The average molecular weight is 266 g/mol. The Morgan fingerprint density at radius 1 is 1.32 bits per heavy atom. The topological polar surface area (TPSA) is 117 Å². The third-order valence-corrected chi connectivity index (χ3v) is 2.38. The van der Waals surface area contributed by atoms with Gasteiger partial charge in [-0.15, -0.1) is 0 Å². The molecule has 7 heteroatoms. The van der Waals surface area contributed by atoms with Crippen molar-refractivity contribution in [2.24, 2.45) is 0 Å². The van der Waals surface area contributed by atoms with Crippen LogP contribution in [0.25, 0.3) is 0 Å². The fraction of sp³-hybridized carbons (Fsp3) is 0.333. The Bertz CT molecular complexity index is 460. The van der Waals surface area contributed by atoms with Gasteiger partial charge in [0.2, 0.25) is 5.91 Å². The van der Waals surface area contributed by atoms with Crippen molar-refractivity contribution < 1.29 is 24.6 Å². The van der Waals surface area contributed by atoms with E-state index in [1.165, 1.54) is 0 Å². The minimum absolute atomic E-state index is 0.0785. The number of aromatic nitrogens is 1. The monoisotopic (exact) mass is 266 g/mol. The normalized spacial score (nSPS) is 11.6. The molecule has 0 spiro atoms. The number of pyridine rings is 1. The Balaban J connectivity index is 2.45. The molecule has 0 bridgehead atoms. The zero-order chi connectivity index (χ0) is 14.3. The smallest absolute Gasteiger partial charge is 0.326 e. The van der Waals surface area contributed by atoms with E-state index in [1.807, 2.05) is 0 Å². The van der Waals surface area contributed by atoms with Crippen molar-refractivity contribution in [2.75, 3.05) is 0 Å². The molecule has 102 valence electrons. The number of carbonyl (C=O) groups excluding carboxylic acids is 1. The lowest BCUT2D eigenvalue weighted by Crippen LogP contribution is -2.42. The number of nitrogens with one attached hydrogen (secondary N) is 1. The molecular formula is C12H14N2O5. The summed E-state index contributed by atoms with van der Waals surface area (Å²) in [5.74, 6) is -3.14. The lowest BCUT2D eigenvalue weighted by molar-refractivity contribution is -0.147. The SMILES string of the molecule is O=C(O)C[C@H](NC(=O)CCc1cccnc1)C(=O)O. The molecule has 0 saturated heterocycles. The summed E-state index contributed by atoms with van der Waals surface area (Å²) in [5, 5.41) is 19.5. The molecule has 0 aliphatic carbocycles. The first-order chi connectivity index (χ1) is 8.99. The second kappa shape index (κ2) is 7.10. The third-order valence-electron chi connectivity index (χ3n) is 2.38. The summed E-state index contributed by atoms with van der Waals surface area (Å²) in [6.07, 6.45) is 3.07. The van der Waals surface area contributed by atoms with Gasteiger partial charge in [0.25, 0.3) is 0 Å². The first kappa shape index (κ1) is 14.6. The van der Waals surface area contributed by atoms with Crippen molar-refractivity contribution in [3.8, 4) is 0 Å². The van der Waals surface area contributed by atoms with Gasteiger partial charge >= 0.3 is 11.9 Å². The van der Waals surface area contributed by atoms with Crippen molar-refractivity contribution in [1.82, 2.24) is 10.3 Å². The van der Waals surface area contributed by atoms with E-state index < -0.39 is 30.3 Å². The fourth-order valence-corrected chi connectivity index (χ4v) is 1.45. The predicted molar refractivity (Wildman–Crippen MR) is 64.4 cm³/mol. The van der Waals surface area contributed by atoms with Crippen LogP contribution in [0.3, 0.4) is 0 Å². The molecule has 0 aliphatic rings. The van der Waals surface area contributed by atoms with Crippen molar-refractivity contribution in [1.29, 1.82) is 0 Å². The summed E-state index contributed by atoms with van der Waals surface area (Å²) < 4.78 is 0. The number of rotatable bonds is 7. The molecule has 0 aromatic carbocycles. The quantitative estimate of drug-likeness (QED) is 0.642. The van der Waals surface area contributed by atoms with Gasteiger partial charge in [0.1, 0.15) is 6.04 Å². The second-order valence-corrected chi connectivity index (χ2v) is 3.92. The van der Waals surface area contributed by atoms with Gasteiger partial charge in [-0.2, -0.15) is 0 Å². The molecule has 1 rings (SSSR count). The standard InChI is InChI=1S/C12H14N2O5/c15-10(4-3-8-2-1-5-13-7-8)14-9(12(18)19)6-11(16)17/h1-2,5,7,9H,3-4,6H2,(H,14,15)(H,16,17)(H,18,19)/t9-/m0/s1. The molecule has 1 atom stereocenters. The van der Waals surface area contributed by atoms with E-state index >= 15 is 0 Å². The van der Waals surface area contributed by atoms with Crippen LogP contribution >= 0.6 is 0 Å². The molecule has 19 heavy (non-hydrogen) atoms. The molecule has 0 saturated carbocycles. The van der Waals surface area contributed by atoms with E-state index in [1.54, 1.807) is 24.5 Å². The van der Waals surface area contributed by atoms with Crippen molar-refractivity contribution >= 4 is 17.8 Å². The van der Waals surface area contributed by atoms with Crippen LogP contribution in [0.15, 0.2) is 24.5 Å². The van der Waals surface area contributed by atoms with Crippen LogP contribution in [-0.2, 0) is 20.8 Å². The maximum Gasteiger partial charge on any atom is 0.326 e. The van der Waals surface area contributed by atoms with Crippen LogP contribution in [0.4, 0.5) is 0 Å². The molecular weight excluding hydrogens is 252 g/mol. The largest absolute Gasteiger partial charge is 0.481 e. The maximum absolute atomic E-state index is 11.5. The summed E-state index contributed by atoms with van der Waals surface area (Å²) in [6.45, 7) is 0. The van der Waals surface area contributed by atoms with Gasteiger partial charge in [-0.1, -0.05) is 6.07 Å². The number of nitrogens with zero attached hydrogens (tertiary/aromatic N) is 1. The highest BCUT2D eigenvalue weighted by atomic mass is 16.4. The van der Waals surface area contributed by atoms with E-state index in [0.29, 0.717) is 6.42 Å². The van der Waals surface area contributed by atoms with E-state index in [4.69, 9.17) is 10.2 Å². The lowest BCUT2D eigenvalue weighted by atomic mass is 10.1. The number of aliphatic carboxylic acids is 2. The fourth-order valence-electron chi connectivity index (χ4n) is 1.45. The van der Waals surface area contributed by atoms with Crippen LogP contribution in [0, 0.1) is 0 Å². The molecule has 0 unspecified atom stereocenters. The molecule has 1 amide bonds. The lowest BCUT2D eigenvalue weighted by Gasteiger charge is -2.12. The highest BCUT2D eigenvalue weighted by Crippen LogP contribution is 2.01. The summed E-state index contributed by atoms with van der Waals surface area (Å²) >= 11 is 0. The predicted octanol–water partition coefficient (Wildman–Crippen LogP) is 0.0583. The average Bonchev–Trinajstić information content (AvgIpc) is 2.36. The Hall–Kier alpha value is -2.44. The Labute approximate surface area is 109 Å². The maximum atomic E-state index is 11.5. The van der Waals surface area contributed by atoms with Gasteiger partial charge in [-0.3, -0.25) is 14.6 Å². The van der Waals surface area contributed by atoms with E-state index in [2.05, 4.69) is 10.3 Å². The van der Waals surface area contributed by atoms with E-state index in [-0.39, 0.29) is 6.42 Å². The molecule has 7 nitrogen and oxygen atoms in total. The third kappa shape index (κ3) is 5.62. The summed E-state index contributed by atoms with van der Waals surface area (Å²) in [6, 6.07) is 2.13. The van der Waals surface area contributed by atoms with Crippen molar-refractivity contribution in [3.63, 3.8) is 0 Å². The zero-order valence-electron chi connectivity index (χ0n) is 10.1. The first-order valence-electron chi connectivity index (χ1n) is 5.62. The van der Waals surface area contributed by atoms with Gasteiger partial charge in [-0.25, -0.2) is 4.79 Å². The van der Waals surface area contributed by atoms with Gasteiger partial charge in [0.05, 0.1) is 6.42 Å².